The number of pyridine rings is 2. The van der Waals surface area contributed by atoms with Crippen LogP contribution in [0.15, 0.2) is 104 Å². The Hall–Kier alpha value is -4.86. The Morgan fingerprint density at radius 1 is 0.896 bits per heavy atom. The van der Waals surface area contributed by atoms with E-state index in [1.54, 1.807) is 0 Å². The molecule has 0 bridgehead atoms. The van der Waals surface area contributed by atoms with E-state index in [1.165, 1.54) is 18.1 Å². The van der Waals surface area contributed by atoms with Gasteiger partial charge in [0.2, 0.25) is 11.8 Å². The van der Waals surface area contributed by atoms with Crippen molar-refractivity contribution < 1.29 is 9.59 Å². The molecule has 1 aliphatic rings. The number of piperidine rings is 1. The van der Waals surface area contributed by atoms with Gasteiger partial charge in [0, 0.05) is 100 Å². The predicted octanol–water partition coefficient (Wildman–Crippen LogP) is 5.03. The van der Waals surface area contributed by atoms with Crippen LogP contribution in [0.3, 0.4) is 0 Å². The first kappa shape index (κ1) is 33.1. The van der Waals surface area contributed by atoms with Crippen LogP contribution in [-0.2, 0) is 42.1 Å². The standard InChI is InChI=1S/C39H45N7O2/c1-29(47)44-38(24-32-26-43-37-14-3-2-13-36(32)37)39(48)45-21-16-35(17-22-45)46(20-15-33-11-4-6-18-41-33)28-31-10-8-9-30(23-31)25-40-27-34-12-5-7-19-42-34/h2-14,18-19,23,26,35,38,40,43H,15-17,20-22,24-25,27-28H2,1H3,(H,44,47)/t38-/m0/s1. The summed E-state index contributed by atoms with van der Waals surface area (Å²) in [6.07, 6.45) is 8.69. The Labute approximate surface area is 282 Å². The molecular weight excluding hydrogens is 598 g/mol. The van der Waals surface area contributed by atoms with Crippen LogP contribution >= 0.6 is 0 Å². The molecule has 0 spiro atoms. The number of carbonyl (C=O) groups excluding carboxylic acids is 2. The van der Waals surface area contributed by atoms with Crippen LogP contribution in [-0.4, -0.2) is 68.3 Å². The molecule has 248 valence electrons. The number of fused-ring (bicyclic) bond motifs is 1. The van der Waals surface area contributed by atoms with Crippen molar-refractivity contribution in [2.75, 3.05) is 19.6 Å². The quantitative estimate of drug-likeness (QED) is 0.157. The van der Waals surface area contributed by atoms with E-state index in [-0.39, 0.29) is 11.8 Å². The van der Waals surface area contributed by atoms with E-state index in [1.807, 2.05) is 72.0 Å². The minimum absolute atomic E-state index is 0.0140. The number of aromatic nitrogens is 3. The third kappa shape index (κ3) is 8.93. The lowest BCUT2D eigenvalue weighted by molar-refractivity contribution is -0.137. The fourth-order valence-electron chi connectivity index (χ4n) is 6.74. The van der Waals surface area contributed by atoms with Gasteiger partial charge < -0.3 is 20.5 Å². The van der Waals surface area contributed by atoms with Gasteiger partial charge in [-0.3, -0.25) is 24.5 Å². The number of nitrogens with zero attached hydrogens (tertiary/aromatic N) is 4. The number of H-pyrrole nitrogens is 1. The van der Waals surface area contributed by atoms with Gasteiger partial charge in [0.1, 0.15) is 6.04 Å². The molecule has 1 aliphatic heterocycles. The van der Waals surface area contributed by atoms with Crippen LogP contribution < -0.4 is 10.6 Å². The van der Waals surface area contributed by atoms with Gasteiger partial charge in [0.25, 0.3) is 0 Å². The first-order valence-electron chi connectivity index (χ1n) is 16.9. The zero-order valence-corrected chi connectivity index (χ0v) is 27.6. The number of aromatic amines is 1. The molecule has 5 aromatic rings. The molecule has 0 saturated carbocycles. The number of para-hydroxylation sites is 1. The highest BCUT2D eigenvalue weighted by molar-refractivity contribution is 5.89. The van der Waals surface area contributed by atoms with E-state index < -0.39 is 6.04 Å². The first-order chi connectivity index (χ1) is 23.5. The van der Waals surface area contributed by atoms with Gasteiger partial charge in [-0.15, -0.1) is 0 Å². The number of rotatable bonds is 14. The summed E-state index contributed by atoms with van der Waals surface area (Å²) in [5.74, 6) is -0.210. The average Bonchev–Trinajstić information content (AvgIpc) is 3.53. The van der Waals surface area contributed by atoms with Crippen molar-refractivity contribution in [2.24, 2.45) is 0 Å². The van der Waals surface area contributed by atoms with Gasteiger partial charge in [-0.05, 0) is 59.9 Å². The lowest BCUT2D eigenvalue weighted by Crippen LogP contribution is -2.53. The summed E-state index contributed by atoms with van der Waals surface area (Å²) in [5.41, 5.74) is 6.68. The monoisotopic (exact) mass is 643 g/mol. The molecule has 6 rings (SSSR count). The summed E-state index contributed by atoms with van der Waals surface area (Å²) >= 11 is 0. The van der Waals surface area contributed by atoms with Crippen molar-refractivity contribution in [3.63, 3.8) is 0 Å². The van der Waals surface area contributed by atoms with Crippen molar-refractivity contribution >= 4 is 22.7 Å². The maximum absolute atomic E-state index is 13.9. The zero-order valence-electron chi connectivity index (χ0n) is 27.6. The minimum Gasteiger partial charge on any atom is -0.361 e. The molecule has 4 heterocycles. The van der Waals surface area contributed by atoms with Crippen LogP contribution in [0.4, 0.5) is 0 Å². The number of hydrogen-bond acceptors (Lipinski definition) is 6. The Morgan fingerprint density at radius 3 is 2.38 bits per heavy atom. The normalized spacial score (nSPS) is 14.3. The zero-order chi connectivity index (χ0) is 33.1. The Morgan fingerprint density at radius 2 is 1.62 bits per heavy atom. The van der Waals surface area contributed by atoms with Crippen molar-refractivity contribution in [3.05, 3.63) is 132 Å². The fraction of sp³-hybridized carbons (Fsp3) is 0.333. The van der Waals surface area contributed by atoms with E-state index >= 15 is 0 Å². The molecule has 0 radical (unpaired) electrons. The van der Waals surface area contributed by atoms with Gasteiger partial charge in [-0.2, -0.15) is 0 Å². The van der Waals surface area contributed by atoms with Crippen molar-refractivity contribution in [1.82, 2.24) is 35.4 Å². The smallest absolute Gasteiger partial charge is 0.245 e. The molecule has 1 saturated heterocycles. The third-order valence-corrected chi connectivity index (χ3v) is 9.19. The molecule has 0 unspecified atom stereocenters. The highest BCUT2D eigenvalue weighted by Crippen LogP contribution is 2.23. The molecule has 9 nitrogen and oxygen atoms in total. The minimum atomic E-state index is -0.604. The second-order valence-electron chi connectivity index (χ2n) is 12.7. The van der Waals surface area contributed by atoms with Gasteiger partial charge in [-0.1, -0.05) is 54.6 Å². The van der Waals surface area contributed by atoms with Gasteiger partial charge in [-0.25, -0.2) is 0 Å². The fourth-order valence-corrected chi connectivity index (χ4v) is 6.74. The second kappa shape index (κ2) is 16.3. The van der Waals surface area contributed by atoms with Gasteiger partial charge >= 0.3 is 0 Å². The van der Waals surface area contributed by atoms with Gasteiger partial charge in [0.15, 0.2) is 0 Å². The van der Waals surface area contributed by atoms with Crippen LogP contribution in [0, 0.1) is 0 Å². The molecule has 3 N–H and O–H groups in total. The lowest BCUT2D eigenvalue weighted by Gasteiger charge is -2.39. The van der Waals surface area contributed by atoms with E-state index in [2.05, 4.69) is 66.9 Å². The molecule has 2 aromatic carbocycles. The highest BCUT2D eigenvalue weighted by Gasteiger charge is 2.31. The summed E-state index contributed by atoms with van der Waals surface area (Å²) < 4.78 is 0. The number of nitrogens with one attached hydrogen (secondary N) is 3. The molecule has 48 heavy (non-hydrogen) atoms. The van der Waals surface area contributed by atoms with Crippen LogP contribution in [0.1, 0.15) is 47.8 Å². The Bertz CT molecular complexity index is 1770. The Balaban J connectivity index is 1.10. The summed E-state index contributed by atoms with van der Waals surface area (Å²) in [6.45, 7) is 6.00. The topological polar surface area (TPSA) is 106 Å². The van der Waals surface area contributed by atoms with E-state index in [4.69, 9.17) is 0 Å². The number of benzene rings is 2. The number of carbonyl (C=O) groups is 2. The summed E-state index contributed by atoms with van der Waals surface area (Å²) in [7, 11) is 0. The maximum Gasteiger partial charge on any atom is 0.245 e. The number of hydrogen-bond donors (Lipinski definition) is 3. The second-order valence-corrected chi connectivity index (χ2v) is 12.7. The SMILES string of the molecule is CC(=O)N[C@@H](Cc1c[nH]c2ccccc12)C(=O)N1CCC(N(CCc2ccccn2)Cc2cccc(CNCc3ccccn3)c2)CC1. The molecular formula is C39H45N7O2. The first-order valence-corrected chi connectivity index (χ1v) is 16.9. The van der Waals surface area contributed by atoms with Crippen LogP contribution in [0.5, 0.6) is 0 Å². The highest BCUT2D eigenvalue weighted by atomic mass is 16.2. The number of amides is 2. The average molecular weight is 644 g/mol. The van der Waals surface area contributed by atoms with E-state index in [9.17, 15) is 9.59 Å². The summed E-state index contributed by atoms with van der Waals surface area (Å²) in [4.78, 5) is 42.8. The third-order valence-electron chi connectivity index (χ3n) is 9.19. The molecule has 2 amide bonds. The van der Waals surface area contributed by atoms with Crippen LogP contribution in [0.25, 0.3) is 10.9 Å². The Kier molecular flexibility index (Phi) is 11.2. The summed E-state index contributed by atoms with van der Waals surface area (Å²) in [5, 5.41) is 7.54. The van der Waals surface area contributed by atoms with Crippen LogP contribution in [0.2, 0.25) is 0 Å². The molecule has 3 aromatic heterocycles. The summed E-state index contributed by atoms with van der Waals surface area (Å²) in [6, 6.07) is 28.6. The lowest BCUT2D eigenvalue weighted by atomic mass is 9.98. The van der Waals surface area contributed by atoms with Crippen molar-refractivity contribution in [2.45, 2.75) is 64.3 Å². The molecule has 1 fully saturated rings. The van der Waals surface area contributed by atoms with Crippen molar-refractivity contribution in [3.8, 4) is 0 Å². The van der Waals surface area contributed by atoms with Crippen molar-refractivity contribution in [1.29, 1.82) is 0 Å². The molecule has 1 atom stereocenters. The number of likely N-dealkylation sites (tertiary alicyclic amines) is 1. The predicted molar refractivity (Wildman–Crippen MR) is 189 cm³/mol. The van der Waals surface area contributed by atoms with Gasteiger partial charge in [0.05, 0.1) is 5.69 Å². The van der Waals surface area contributed by atoms with E-state index in [0.717, 1.165) is 73.3 Å². The largest absolute Gasteiger partial charge is 0.361 e. The molecule has 0 aliphatic carbocycles. The maximum atomic E-state index is 13.9. The molecule has 9 heteroatoms. The van der Waals surface area contributed by atoms with E-state index in [0.29, 0.717) is 25.6 Å².